The van der Waals surface area contributed by atoms with Crippen molar-refractivity contribution in [2.45, 2.75) is 43.4 Å². The second-order valence-corrected chi connectivity index (χ2v) is 9.77. The number of carboxylic acids is 1. The maximum absolute atomic E-state index is 13.6. The van der Waals surface area contributed by atoms with Crippen molar-refractivity contribution in [2.24, 2.45) is 0 Å². The molecule has 3 aromatic rings. The number of aliphatic carboxylic acids is 1. The van der Waals surface area contributed by atoms with Gasteiger partial charge in [0.05, 0.1) is 4.90 Å². The largest absolute Gasteiger partial charge is 0.489 e. The Labute approximate surface area is 204 Å². The topological polar surface area (TPSA) is 104 Å². The van der Waals surface area contributed by atoms with Gasteiger partial charge < -0.3 is 9.84 Å². The lowest BCUT2D eigenvalue weighted by Crippen LogP contribution is -2.34. The molecule has 7 nitrogen and oxygen atoms in total. The summed E-state index contributed by atoms with van der Waals surface area (Å²) in [5, 5.41) is 9.20. The minimum Gasteiger partial charge on any atom is -0.489 e. The van der Waals surface area contributed by atoms with Gasteiger partial charge in [0.2, 0.25) is 0 Å². The van der Waals surface area contributed by atoms with Crippen LogP contribution in [0.4, 0.5) is 4.39 Å². The number of aryl methyl sites for hydroxylation is 1. The molecule has 1 fully saturated rings. The monoisotopic (exact) mass is 501 g/mol. The lowest BCUT2D eigenvalue weighted by molar-refractivity contribution is -0.142. The van der Waals surface area contributed by atoms with Crippen LogP contribution >= 0.6 is 0 Å². The van der Waals surface area contributed by atoms with Crippen LogP contribution in [0.2, 0.25) is 0 Å². The SMILES string of the molecule is CN1[C@@H](c2ccc(OCc3ccccc3F)cc2)CC[C@H]1C(=O)O.Cc1ccc(S(=O)(=O)O)cc1. The van der Waals surface area contributed by atoms with E-state index >= 15 is 0 Å². The summed E-state index contributed by atoms with van der Waals surface area (Å²) in [4.78, 5) is 13.0. The number of hydrogen-bond acceptors (Lipinski definition) is 5. The third kappa shape index (κ3) is 7.11. The highest BCUT2D eigenvalue weighted by atomic mass is 32.2. The molecular formula is C26H28FNO6S. The van der Waals surface area contributed by atoms with Gasteiger partial charge in [-0.3, -0.25) is 14.2 Å². The summed E-state index contributed by atoms with van der Waals surface area (Å²) in [5.74, 6) is -0.385. The first-order chi connectivity index (χ1) is 16.6. The zero-order valence-electron chi connectivity index (χ0n) is 19.5. The highest BCUT2D eigenvalue weighted by Crippen LogP contribution is 2.35. The molecule has 1 aliphatic heterocycles. The van der Waals surface area contributed by atoms with Crippen LogP contribution in [0.5, 0.6) is 5.75 Å². The van der Waals surface area contributed by atoms with Gasteiger partial charge in [-0.25, -0.2) is 4.39 Å². The number of benzene rings is 3. The normalized spacial score (nSPS) is 17.9. The summed E-state index contributed by atoms with van der Waals surface area (Å²) in [6.07, 6.45) is 1.48. The van der Waals surface area contributed by atoms with E-state index in [4.69, 9.17) is 9.29 Å². The summed E-state index contributed by atoms with van der Waals surface area (Å²) < 4.78 is 48.8. The summed E-state index contributed by atoms with van der Waals surface area (Å²) in [6.45, 7) is 2.02. The van der Waals surface area contributed by atoms with Crippen LogP contribution in [0, 0.1) is 12.7 Å². The molecule has 0 spiro atoms. The molecule has 0 saturated carbocycles. The van der Waals surface area contributed by atoms with Crippen molar-refractivity contribution in [3.05, 3.63) is 95.3 Å². The summed E-state index contributed by atoms with van der Waals surface area (Å²) in [7, 11) is -2.17. The van der Waals surface area contributed by atoms with Crippen LogP contribution < -0.4 is 4.74 Å². The number of carbonyl (C=O) groups is 1. The Morgan fingerprint density at radius 2 is 1.66 bits per heavy atom. The molecule has 2 atom stereocenters. The van der Waals surface area contributed by atoms with Gasteiger partial charge in [-0.05, 0) is 62.7 Å². The van der Waals surface area contributed by atoms with E-state index in [1.807, 2.05) is 43.1 Å². The van der Waals surface area contributed by atoms with Gasteiger partial charge in [-0.15, -0.1) is 0 Å². The predicted octanol–water partition coefficient (Wildman–Crippen LogP) is 4.87. The lowest BCUT2D eigenvalue weighted by Gasteiger charge is -2.23. The van der Waals surface area contributed by atoms with E-state index in [9.17, 15) is 22.7 Å². The minimum atomic E-state index is -4.02. The molecule has 1 heterocycles. The van der Waals surface area contributed by atoms with Crippen molar-refractivity contribution < 1.29 is 32.0 Å². The van der Waals surface area contributed by atoms with E-state index in [0.717, 1.165) is 17.5 Å². The first kappa shape index (κ1) is 26.3. The fraction of sp³-hybridized carbons (Fsp3) is 0.269. The number of halogens is 1. The Morgan fingerprint density at radius 1 is 1.03 bits per heavy atom. The van der Waals surface area contributed by atoms with Crippen LogP contribution in [-0.4, -0.2) is 42.0 Å². The zero-order chi connectivity index (χ0) is 25.6. The van der Waals surface area contributed by atoms with E-state index in [1.165, 1.54) is 18.2 Å². The van der Waals surface area contributed by atoms with Crippen LogP contribution in [-0.2, 0) is 21.5 Å². The van der Waals surface area contributed by atoms with Crippen molar-refractivity contribution in [1.29, 1.82) is 0 Å². The molecule has 0 bridgehead atoms. The van der Waals surface area contributed by atoms with Crippen LogP contribution in [0.15, 0.2) is 77.7 Å². The number of likely N-dealkylation sites (N-methyl/N-ethyl adjacent to an activating group) is 1. The summed E-state index contributed by atoms with van der Waals surface area (Å²) in [5.41, 5.74) is 2.54. The number of likely N-dealkylation sites (tertiary alicyclic amines) is 1. The van der Waals surface area contributed by atoms with Gasteiger partial charge in [0, 0.05) is 11.6 Å². The quantitative estimate of drug-likeness (QED) is 0.465. The molecule has 4 rings (SSSR count). The number of carboxylic acid groups (broad SMARTS) is 1. The standard InChI is InChI=1S/C19H20FNO3.C7H8O3S/c1-21-17(10-11-18(21)19(22)23)13-6-8-15(9-7-13)24-12-14-4-2-3-5-16(14)20;1-6-2-4-7(5-3-6)11(8,9)10/h2-9,17-18H,10-12H2,1H3,(H,22,23);2-5H,1H3,(H,8,9,10)/t17-,18+;/m1./s1. The Bertz CT molecular complexity index is 1250. The average molecular weight is 502 g/mol. The molecular weight excluding hydrogens is 473 g/mol. The van der Waals surface area contributed by atoms with Crippen molar-refractivity contribution >= 4 is 16.1 Å². The van der Waals surface area contributed by atoms with Gasteiger partial charge >= 0.3 is 5.97 Å². The summed E-state index contributed by atoms with van der Waals surface area (Å²) in [6, 6.07) is 19.8. The summed E-state index contributed by atoms with van der Waals surface area (Å²) >= 11 is 0. The average Bonchev–Trinajstić information content (AvgIpc) is 3.20. The van der Waals surface area contributed by atoms with Crippen LogP contribution in [0.3, 0.4) is 0 Å². The first-order valence-electron chi connectivity index (χ1n) is 11.0. The van der Waals surface area contributed by atoms with Gasteiger partial charge in [0.1, 0.15) is 24.2 Å². The molecule has 1 aliphatic rings. The second kappa shape index (κ2) is 11.4. The van der Waals surface area contributed by atoms with Crippen LogP contribution in [0.25, 0.3) is 0 Å². The maximum atomic E-state index is 13.6. The zero-order valence-corrected chi connectivity index (χ0v) is 20.3. The Balaban J connectivity index is 0.000000261. The Morgan fingerprint density at radius 3 is 2.20 bits per heavy atom. The molecule has 0 amide bonds. The van der Waals surface area contributed by atoms with E-state index in [0.29, 0.717) is 17.7 Å². The molecule has 0 aliphatic carbocycles. The van der Waals surface area contributed by atoms with Crippen molar-refractivity contribution in [1.82, 2.24) is 4.90 Å². The minimum absolute atomic E-state index is 0.0666. The molecule has 0 radical (unpaired) electrons. The highest BCUT2D eigenvalue weighted by Gasteiger charge is 2.35. The molecule has 1 saturated heterocycles. The third-order valence-electron chi connectivity index (χ3n) is 5.92. The molecule has 3 aromatic carbocycles. The van der Waals surface area contributed by atoms with E-state index in [-0.39, 0.29) is 23.4 Å². The molecule has 2 N–H and O–H groups in total. The Kier molecular flexibility index (Phi) is 8.61. The van der Waals surface area contributed by atoms with Crippen molar-refractivity contribution in [2.75, 3.05) is 7.05 Å². The predicted molar refractivity (Wildman–Crippen MR) is 129 cm³/mol. The molecule has 186 valence electrons. The number of hydrogen-bond donors (Lipinski definition) is 2. The van der Waals surface area contributed by atoms with Gasteiger partial charge in [-0.1, -0.05) is 48.0 Å². The van der Waals surface area contributed by atoms with Crippen molar-refractivity contribution in [3.63, 3.8) is 0 Å². The highest BCUT2D eigenvalue weighted by molar-refractivity contribution is 7.85. The third-order valence-corrected chi connectivity index (χ3v) is 6.79. The van der Waals surface area contributed by atoms with Gasteiger partial charge in [0.25, 0.3) is 10.1 Å². The smallest absolute Gasteiger partial charge is 0.320 e. The van der Waals surface area contributed by atoms with E-state index in [2.05, 4.69) is 0 Å². The maximum Gasteiger partial charge on any atom is 0.320 e. The van der Waals surface area contributed by atoms with Gasteiger partial charge in [-0.2, -0.15) is 8.42 Å². The number of rotatable bonds is 6. The first-order valence-corrected chi connectivity index (χ1v) is 12.5. The number of ether oxygens (including phenoxy) is 1. The van der Waals surface area contributed by atoms with Crippen molar-refractivity contribution in [3.8, 4) is 5.75 Å². The second-order valence-electron chi connectivity index (χ2n) is 8.35. The van der Waals surface area contributed by atoms with E-state index < -0.39 is 22.1 Å². The molecule has 0 unspecified atom stereocenters. The van der Waals surface area contributed by atoms with Crippen LogP contribution in [0.1, 0.15) is 35.6 Å². The fourth-order valence-corrected chi connectivity index (χ4v) is 4.39. The fourth-order valence-electron chi connectivity index (χ4n) is 3.91. The van der Waals surface area contributed by atoms with E-state index in [1.54, 1.807) is 30.3 Å². The molecule has 35 heavy (non-hydrogen) atoms. The lowest BCUT2D eigenvalue weighted by atomic mass is 10.0. The number of nitrogens with zero attached hydrogens (tertiary/aromatic N) is 1. The Hall–Kier alpha value is -3.27. The van der Waals surface area contributed by atoms with Gasteiger partial charge in [0.15, 0.2) is 0 Å². The molecule has 9 heteroatoms. The molecule has 0 aromatic heterocycles.